The van der Waals surface area contributed by atoms with Crippen molar-refractivity contribution < 1.29 is 52.8 Å². The smallest absolute Gasteiger partial charge is 0.339 e. The predicted octanol–water partition coefficient (Wildman–Crippen LogP) is 5.08. The highest BCUT2D eigenvalue weighted by atomic mass is 32.2. The molecule has 0 radical (unpaired) electrons. The van der Waals surface area contributed by atoms with Gasteiger partial charge in [-0.3, -0.25) is 22.9 Å². The zero-order valence-corrected chi connectivity index (χ0v) is 31.3. The van der Waals surface area contributed by atoms with Gasteiger partial charge in [0.1, 0.15) is 21.1 Å². The summed E-state index contributed by atoms with van der Waals surface area (Å²) < 4.78 is 110. The Bertz CT molecular complexity index is 4360. The lowest BCUT2D eigenvalue weighted by Crippen LogP contribution is -2.21. The summed E-state index contributed by atoms with van der Waals surface area (Å²) in [5.41, 5.74) is -0.641. The molecule has 0 saturated heterocycles. The van der Waals surface area contributed by atoms with E-state index in [0.29, 0.717) is 22.5 Å². The van der Waals surface area contributed by atoms with E-state index in [-0.39, 0.29) is 114 Å². The van der Waals surface area contributed by atoms with E-state index in [1.165, 1.54) is 40.8 Å². The molecule has 0 aliphatic carbocycles. The van der Waals surface area contributed by atoms with Crippen molar-refractivity contribution in [1.29, 1.82) is 0 Å². The van der Waals surface area contributed by atoms with Crippen LogP contribution in [0.4, 0.5) is 0 Å². The molecule has 6 heterocycles. The van der Waals surface area contributed by atoms with Crippen molar-refractivity contribution in [1.82, 2.24) is 18.8 Å². The number of nitrogens with zero attached hydrogens (tertiary/aromatic N) is 4. The van der Waals surface area contributed by atoms with Gasteiger partial charge in [-0.15, -0.1) is 4.33 Å². The van der Waals surface area contributed by atoms with Gasteiger partial charge in [-0.25, -0.2) is 15.2 Å². The van der Waals surface area contributed by atoms with E-state index in [9.17, 15) is 39.4 Å². The van der Waals surface area contributed by atoms with Crippen LogP contribution in [0.1, 0.15) is 0 Å². The van der Waals surface area contributed by atoms with Crippen molar-refractivity contribution in [3.63, 3.8) is 0 Å². The molecule has 2 aliphatic rings. The third-order valence-electron chi connectivity index (χ3n) is 11.2. The average molecular weight is 853 g/mol. The number of benzene rings is 7. The van der Waals surface area contributed by atoms with Crippen LogP contribution >= 0.6 is 12.0 Å². The summed E-state index contributed by atoms with van der Waals surface area (Å²) in [5, 5.41) is 14.0. The lowest BCUT2D eigenvalue weighted by atomic mass is 9.85. The molecule has 0 unspecified atom stereocenters. The van der Waals surface area contributed by atoms with E-state index in [0.717, 1.165) is 16.5 Å². The maximum atomic E-state index is 14.6. The fraction of sp³-hybridized carbons (Fsp3) is 0. The zero-order chi connectivity index (χ0) is 39.7. The molecule has 0 amide bonds. The van der Waals surface area contributed by atoms with Crippen molar-refractivity contribution in [2.75, 3.05) is 0 Å². The first-order valence-electron chi connectivity index (χ1n) is 16.7. The molecule has 7 aromatic carbocycles. The minimum Gasteiger partial charge on any atom is -0.378 e. The number of fused-ring (bicyclic) bond motifs is 8. The maximum absolute atomic E-state index is 14.6. The zero-order valence-electron chi connectivity index (χ0n) is 28.0. The van der Waals surface area contributed by atoms with E-state index in [1.54, 1.807) is 12.1 Å². The molecular formula is C36H12N4O14S4. The molecule has 0 atom stereocenters. The third kappa shape index (κ3) is 3.66. The van der Waals surface area contributed by atoms with Gasteiger partial charge < -0.3 is 8.37 Å². The van der Waals surface area contributed by atoms with Gasteiger partial charge in [-0.2, -0.15) is 25.3 Å². The maximum Gasteiger partial charge on any atom is 0.339 e. The average Bonchev–Trinajstić information content (AvgIpc) is 3.76. The van der Waals surface area contributed by atoms with Gasteiger partial charge in [0, 0.05) is 58.8 Å². The van der Waals surface area contributed by atoms with Crippen LogP contribution in [-0.4, -0.2) is 53.8 Å². The second kappa shape index (κ2) is 9.88. The molecule has 2 aliphatic heterocycles. The minimum atomic E-state index is -4.72. The Morgan fingerprint density at radius 1 is 0.621 bits per heavy atom. The van der Waals surface area contributed by atoms with Gasteiger partial charge >= 0.3 is 20.2 Å². The highest BCUT2D eigenvalue weighted by molar-refractivity contribution is 7.94. The van der Waals surface area contributed by atoms with E-state index in [4.69, 9.17) is 18.6 Å². The van der Waals surface area contributed by atoms with Crippen molar-refractivity contribution in [2.24, 2.45) is 0 Å². The molecule has 0 spiro atoms. The predicted molar refractivity (Wildman–Crippen MR) is 206 cm³/mol. The lowest BCUT2D eigenvalue weighted by molar-refractivity contribution is -0.432. The normalized spacial score (nSPS) is 16.0. The Labute approximate surface area is 323 Å². The topological polar surface area (TPSA) is 249 Å². The monoisotopic (exact) mass is 852 g/mol. The van der Waals surface area contributed by atoms with Crippen LogP contribution in [0.25, 0.3) is 98.0 Å². The summed E-state index contributed by atoms with van der Waals surface area (Å²) in [7, 11) is -14.2. The number of hydrogen-bond acceptors (Lipinski definition) is 16. The molecule has 18 nitrogen and oxygen atoms in total. The highest BCUT2D eigenvalue weighted by Gasteiger charge is 2.40. The van der Waals surface area contributed by atoms with Gasteiger partial charge in [0.15, 0.2) is 11.5 Å². The van der Waals surface area contributed by atoms with Crippen molar-refractivity contribution in [3.8, 4) is 11.5 Å². The first-order valence-corrected chi connectivity index (χ1v) is 21.7. The summed E-state index contributed by atoms with van der Waals surface area (Å²) in [6, 6.07) is 13.3. The Kier molecular flexibility index (Phi) is 5.59. The fourth-order valence-corrected chi connectivity index (χ4v) is 12.3. The molecule has 284 valence electrons. The second-order valence-corrected chi connectivity index (χ2v) is 19.1. The summed E-state index contributed by atoms with van der Waals surface area (Å²) in [5.74, 6) is -0.552. The molecule has 13 rings (SSSR count). The van der Waals surface area contributed by atoms with Crippen LogP contribution in [0.15, 0.2) is 89.8 Å². The number of pyridine rings is 2. The number of aromatic nitrogens is 4. The molecule has 0 saturated carbocycles. The van der Waals surface area contributed by atoms with Gasteiger partial charge in [-0.1, -0.05) is 5.04 Å². The van der Waals surface area contributed by atoms with E-state index < -0.39 is 46.4 Å². The minimum absolute atomic E-state index is 0.0161. The summed E-state index contributed by atoms with van der Waals surface area (Å²) in [6.45, 7) is 0. The molecule has 58 heavy (non-hydrogen) atoms. The Balaban J connectivity index is 1.30. The van der Waals surface area contributed by atoms with E-state index in [1.807, 2.05) is 0 Å². The second-order valence-electron chi connectivity index (χ2n) is 13.9. The first kappa shape index (κ1) is 32.8. The Morgan fingerprint density at radius 2 is 1.12 bits per heavy atom. The number of hydrogen-bond donors (Lipinski definition) is 2. The van der Waals surface area contributed by atoms with Crippen LogP contribution < -0.4 is 19.5 Å². The van der Waals surface area contributed by atoms with Crippen LogP contribution in [0.2, 0.25) is 0 Å². The molecule has 22 heteroatoms. The van der Waals surface area contributed by atoms with E-state index >= 15 is 0 Å². The molecular weight excluding hydrogens is 841 g/mol. The highest BCUT2D eigenvalue weighted by Crippen LogP contribution is 2.57. The van der Waals surface area contributed by atoms with Crippen molar-refractivity contribution >= 4 is 140 Å². The Morgan fingerprint density at radius 3 is 1.62 bits per heavy atom. The molecule has 2 N–H and O–H groups in total. The van der Waals surface area contributed by atoms with Gasteiger partial charge in [0.05, 0.1) is 49.8 Å². The van der Waals surface area contributed by atoms with Crippen LogP contribution in [0.5, 0.6) is 11.5 Å². The van der Waals surface area contributed by atoms with Crippen molar-refractivity contribution in [2.45, 2.75) is 19.6 Å². The van der Waals surface area contributed by atoms with E-state index in [2.05, 4.69) is 14.4 Å². The quantitative estimate of drug-likeness (QED) is 0.0446. The Hall–Kier alpha value is -6.24. The van der Waals surface area contributed by atoms with Crippen molar-refractivity contribution in [3.05, 3.63) is 81.4 Å². The van der Waals surface area contributed by atoms with Gasteiger partial charge in [0.25, 0.3) is 21.2 Å². The molecule has 0 fully saturated rings. The van der Waals surface area contributed by atoms with Crippen LogP contribution in [0.3, 0.4) is 0 Å². The molecule has 11 aromatic rings. The summed E-state index contributed by atoms with van der Waals surface area (Å²) in [4.78, 5) is 37.7. The number of rotatable bonds is 4. The summed E-state index contributed by atoms with van der Waals surface area (Å²) in [6.07, 6.45) is 0. The van der Waals surface area contributed by atoms with Crippen LogP contribution in [-0.2, 0) is 39.7 Å². The molecule has 0 bridgehead atoms. The standard InChI is InChI=1S/C36H12N4O14S4/c41-35-15-7-21-27-30-24(58(49,50)51-21)10-14-26-16(36(42)40-20-6-12(56(44,45)46)2-4-18(20)38-34(14)40)8-22-28(32(26)30)29-23(57(47,48)52-22)9-13(25(15)31(27)29)33-37-17-3-1-11(55-54-53-43)5-19(17)39(33)35/h1-10,43H,(H,44,45,46). The SMILES string of the molecule is O=c1c2cc3c4c5c(cc6c7c(cc8c(c9c(cc(c2c49)c2nc4ccc(SOOO)cc4n12)S(=O)(=O)O8)c57)c(=O)n1c2cc(S(=O)(=O)O)ccc2nc61)S(=O)(=O)O3. The van der Waals surface area contributed by atoms with Crippen LogP contribution in [0, 0.1) is 0 Å². The first-order chi connectivity index (χ1) is 27.7. The lowest BCUT2D eigenvalue weighted by Gasteiger charge is -2.28. The molecule has 4 aromatic heterocycles. The largest absolute Gasteiger partial charge is 0.378 e. The number of imidazole rings is 2. The fourth-order valence-electron chi connectivity index (χ4n) is 9.10. The van der Waals surface area contributed by atoms with Gasteiger partial charge in [-0.05, 0) is 60.7 Å². The third-order valence-corrected chi connectivity index (χ3v) is 15.1. The van der Waals surface area contributed by atoms with Gasteiger partial charge in [0.2, 0.25) is 0 Å². The summed E-state index contributed by atoms with van der Waals surface area (Å²) >= 11 is 0.643.